The number of hydrogen-bond acceptors (Lipinski definition) is 7. The molecule has 0 amide bonds. The molecule has 0 atom stereocenters. The van der Waals surface area contributed by atoms with E-state index >= 15 is 0 Å². The van der Waals surface area contributed by atoms with Crippen molar-refractivity contribution >= 4 is 79.4 Å². The minimum absolute atomic E-state index is 1.18. The minimum atomic E-state index is 1.18. The van der Waals surface area contributed by atoms with Gasteiger partial charge in [0.25, 0.3) is 0 Å². The first-order valence-corrected chi connectivity index (χ1v) is 26.7. The van der Waals surface area contributed by atoms with Gasteiger partial charge in [0.1, 0.15) is 0 Å². The molecular weight excluding hydrogens is 801 g/mol. The molecule has 0 aliphatic heterocycles. The molecular formula is C48H56S7. The summed E-state index contributed by atoms with van der Waals surface area (Å²) in [6.07, 6.45) is 24.2. The van der Waals surface area contributed by atoms with E-state index in [1.807, 2.05) is 79.4 Å². The fourth-order valence-electron chi connectivity index (χ4n) is 7.41. The summed E-state index contributed by atoms with van der Waals surface area (Å²) in [5.41, 5.74) is 3.09. The van der Waals surface area contributed by atoms with Crippen LogP contribution in [0.2, 0.25) is 0 Å². The van der Waals surface area contributed by atoms with E-state index in [1.54, 1.807) is 11.1 Å². The van der Waals surface area contributed by atoms with E-state index in [4.69, 9.17) is 0 Å². The van der Waals surface area contributed by atoms with Crippen LogP contribution in [0.15, 0.2) is 83.6 Å². The lowest BCUT2D eigenvalue weighted by atomic mass is 10.0. The van der Waals surface area contributed by atoms with Crippen LogP contribution in [0.4, 0.5) is 0 Å². The maximum Gasteiger partial charge on any atom is 0.0481 e. The van der Waals surface area contributed by atoms with Crippen molar-refractivity contribution in [2.45, 2.75) is 129 Å². The van der Waals surface area contributed by atoms with Gasteiger partial charge in [-0.1, -0.05) is 116 Å². The summed E-state index contributed by atoms with van der Waals surface area (Å²) in [6, 6.07) is 28.2. The van der Waals surface area contributed by atoms with Crippen molar-refractivity contribution in [2.75, 3.05) is 0 Å². The number of rotatable bonds is 24. The highest BCUT2D eigenvalue weighted by Gasteiger charge is 2.18. The van der Waals surface area contributed by atoms with Gasteiger partial charge in [0.15, 0.2) is 0 Å². The monoisotopic (exact) mass is 856 g/mol. The van der Waals surface area contributed by atoms with Crippen LogP contribution < -0.4 is 0 Å². The standard InChI is InChI=1S/C48H56S7/c1-3-5-7-9-11-13-15-17-21-35-33-45(37-23-19-31-49-37)54-47(35)43-29-27-41(52-43)39-25-26-40(51-39)42-28-30-44(53-42)48-36(22-18-16-14-12-10-8-6-4-2)34-46(55-48)38-24-20-32-50-38/h19-20,23-34H,3-18,21-22H2,1-2H3. The molecule has 0 aromatic carbocycles. The molecule has 0 aliphatic rings. The average Bonchev–Trinajstić information content (AvgIpc) is 4.05. The number of unbranched alkanes of at least 4 members (excludes halogenated alkanes) is 14. The zero-order valence-electron chi connectivity index (χ0n) is 32.7. The molecule has 7 aromatic rings. The molecule has 0 N–H and O–H groups in total. The normalized spacial score (nSPS) is 11.7. The predicted octanol–water partition coefficient (Wildman–Crippen LogP) is 19.5. The molecule has 0 bridgehead atoms. The van der Waals surface area contributed by atoms with E-state index in [-0.39, 0.29) is 0 Å². The van der Waals surface area contributed by atoms with Gasteiger partial charge in [-0.15, -0.1) is 79.4 Å². The van der Waals surface area contributed by atoms with Gasteiger partial charge in [-0.3, -0.25) is 0 Å². The predicted molar refractivity (Wildman–Crippen MR) is 257 cm³/mol. The lowest BCUT2D eigenvalue weighted by Crippen LogP contribution is -1.86. The van der Waals surface area contributed by atoms with Gasteiger partial charge in [0.05, 0.1) is 0 Å². The van der Waals surface area contributed by atoms with E-state index in [9.17, 15) is 0 Å². The van der Waals surface area contributed by atoms with Gasteiger partial charge >= 0.3 is 0 Å². The van der Waals surface area contributed by atoms with Crippen molar-refractivity contribution in [3.05, 3.63) is 94.7 Å². The van der Waals surface area contributed by atoms with Crippen LogP contribution in [0.25, 0.3) is 58.5 Å². The van der Waals surface area contributed by atoms with E-state index in [0.29, 0.717) is 0 Å². The smallest absolute Gasteiger partial charge is 0.0481 e. The Bertz CT molecular complexity index is 1960. The average molecular weight is 857 g/mol. The fourth-order valence-corrected chi connectivity index (χ4v) is 15.0. The molecule has 290 valence electrons. The summed E-state index contributed by atoms with van der Waals surface area (Å²) in [7, 11) is 0. The van der Waals surface area contributed by atoms with Gasteiger partial charge in [-0.25, -0.2) is 0 Å². The maximum absolute atomic E-state index is 2.50. The van der Waals surface area contributed by atoms with Gasteiger partial charge in [0.2, 0.25) is 0 Å². The van der Waals surface area contributed by atoms with Crippen LogP contribution in [-0.2, 0) is 12.8 Å². The highest BCUT2D eigenvalue weighted by molar-refractivity contribution is 7.31. The summed E-state index contributed by atoms with van der Waals surface area (Å²) in [6.45, 7) is 4.61. The van der Waals surface area contributed by atoms with Gasteiger partial charge in [-0.2, -0.15) is 0 Å². The Morgan fingerprint density at radius 1 is 0.327 bits per heavy atom. The van der Waals surface area contributed by atoms with Crippen molar-refractivity contribution < 1.29 is 0 Å². The van der Waals surface area contributed by atoms with Crippen molar-refractivity contribution in [3.8, 4) is 58.5 Å². The lowest BCUT2D eigenvalue weighted by molar-refractivity contribution is 0.576. The lowest BCUT2D eigenvalue weighted by Gasteiger charge is -2.03. The molecule has 55 heavy (non-hydrogen) atoms. The highest BCUT2D eigenvalue weighted by atomic mass is 32.1. The zero-order chi connectivity index (χ0) is 37.7. The highest BCUT2D eigenvalue weighted by Crippen LogP contribution is 2.48. The first kappa shape index (κ1) is 41.1. The quantitative estimate of drug-likeness (QED) is 0.0531. The van der Waals surface area contributed by atoms with E-state index < -0.39 is 0 Å². The molecule has 0 spiro atoms. The molecule has 0 fully saturated rings. The summed E-state index contributed by atoms with van der Waals surface area (Å²) >= 11 is 13.6. The summed E-state index contributed by atoms with van der Waals surface area (Å²) in [4.78, 5) is 17.0. The Hall–Kier alpha value is -2.10. The Morgan fingerprint density at radius 3 is 1.04 bits per heavy atom. The van der Waals surface area contributed by atoms with Gasteiger partial charge in [-0.05, 0) is 108 Å². The van der Waals surface area contributed by atoms with Gasteiger partial charge in [0, 0.05) is 58.5 Å². The Labute approximate surface area is 359 Å². The van der Waals surface area contributed by atoms with Crippen LogP contribution in [0.1, 0.15) is 128 Å². The number of thiophene rings is 7. The van der Waals surface area contributed by atoms with Crippen LogP contribution in [0.3, 0.4) is 0 Å². The third kappa shape index (κ3) is 11.3. The molecule has 0 saturated heterocycles. The van der Waals surface area contributed by atoms with Crippen LogP contribution in [0, 0.1) is 0 Å². The first-order chi connectivity index (χ1) is 27.2. The van der Waals surface area contributed by atoms with Crippen molar-refractivity contribution in [1.82, 2.24) is 0 Å². The third-order valence-corrected chi connectivity index (χ3v) is 19.0. The SMILES string of the molecule is CCCCCCCCCCc1cc(-c2cccs2)sc1-c1ccc(-c2ccc(-c3ccc(-c4sc(-c5cccs5)cc4CCCCCCCCCC)s3)s2)s1. The van der Waals surface area contributed by atoms with E-state index in [0.717, 1.165) is 0 Å². The van der Waals surface area contributed by atoms with E-state index in [2.05, 4.69) is 97.4 Å². The van der Waals surface area contributed by atoms with Crippen molar-refractivity contribution in [1.29, 1.82) is 0 Å². The Balaban J connectivity index is 1.03. The second kappa shape index (κ2) is 21.6. The summed E-state index contributed by atoms with van der Waals surface area (Å²) in [5, 5.41) is 4.42. The van der Waals surface area contributed by atoms with Gasteiger partial charge < -0.3 is 0 Å². The number of hydrogen-bond donors (Lipinski definition) is 0. The topological polar surface area (TPSA) is 0 Å². The second-order valence-electron chi connectivity index (χ2n) is 14.8. The fraction of sp³-hybridized carbons (Fsp3) is 0.417. The molecule has 7 heteroatoms. The van der Waals surface area contributed by atoms with Crippen molar-refractivity contribution in [3.63, 3.8) is 0 Å². The largest absolute Gasteiger partial charge is 0.143 e. The summed E-state index contributed by atoms with van der Waals surface area (Å²) in [5.74, 6) is 0. The summed E-state index contributed by atoms with van der Waals surface area (Å²) < 4.78 is 0. The zero-order valence-corrected chi connectivity index (χ0v) is 38.4. The van der Waals surface area contributed by atoms with Crippen molar-refractivity contribution in [2.24, 2.45) is 0 Å². The molecule has 7 rings (SSSR count). The Kier molecular flexibility index (Phi) is 16.1. The molecule has 7 heterocycles. The minimum Gasteiger partial charge on any atom is -0.143 e. The maximum atomic E-state index is 2.50. The van der Waals surface area contributed by atoms with Crippen LogP contribution >= 0.6 is 79.4 Å². The molecule has 0 unspecified atom stereocenters. The first-order valence-electron chi connectivity index (χ1n) is 20.8. The van der Waals surface area contributed by atoms with Crippen LogP contribution in [0.5, 0.6) is 0 Å². The van der Waals surface area contributed by atoms with Crippen LogP contribution in [-0.4, -0.2) is 0 Å². The molecule has 0 saturated carbocycles. The molecule has 7 aromatic heterocycles. The second-order valence-corrected chi connectivity index (χ2v) is 22.1. The molecule has 0 aliphatic carbocycles. The van der Waals surface area contributed by atoms with E-state index in [1.165, 1.54) is 174 Å². The third-order valence-electron chi connectivity index (χ3n) is 10.5. The Morgan fingerprint density at radius 2 is 0.673 bits per heavy atom. The number of aryl methyl sites for hydroxylation is 2. The molecule has 0 nitrogen and oxygen atoms in total. The molecule has 0 radical (unpaired) electrons.